The first-order valence-electron chi connectivity index (χ1n) is 9.31. The number of hydrogen-bond donors (Lipinski definition) is 1. The van der Waals surface area contributed by atoms with Gasteiger partial charge in [-0.2, -0.15) is 0 Å². The van der Waals surface area contributed by atoms with Gasteiger partial charge in [0.2, 0.25) is 15.9 Å². The number of benzene rings is 1. The fourth-order valence-corrected chi connectivity index (χ4v) is 4.81. The lowest BCUT2D eigenvalue weighted by molar-refractivity contribution is -0.115. The Morgan fingerprint density at radius 3 is 2.69 bits per heavy atom. The highest BCUT2D eigenvalue weighted by molar-refractivity contribution is 7.99. The molecule has 29 heavy (non-hydrogen) atoms. The van der Waals surface area contributed by atoms with Crippen LogP contribution in [0.15, 0.2) is 28.3 Å². The Bertz CT molecular complexity index is 1000. The van der Waals surface area contributed by atoms with Crippen LogP contribution in [0, 0.1) is 0 Å². The zero-order chi connectivity index (χ0) is 21.2. The van der Waals surface area contributed by atoms with Crippen LogP contribution in [0.5, 0.6) is 0 Å². The van der Waals surface area contributed by atoms with Gasteiger partial charge in [-0.05, 0) is 38.0 Å². The molecule has 1 fully saturated rings. The van der Waals surface area contributed by atoms with Crippen molar-refractivity contribution in [2.75, 3.05) is 25.2 Å². The Labute approximate surface area is 180 Å². The van der Waals surface area contributed by atoms with Gasteiger partial charge in [0.1, 0.15) is 5.82 Å². The molecule has 1 aromatic heterocycles. The normalized spacial score (nSPS) is 14.4. The molecule has 0 bridgehead atoms. The molecule has 0 atom stereocenters. The number of amides is 1. The molecule has 1 saturated carbocycles. The number of rotatable bonds is 9. The van der Waals surface area contributed by atoms with Gasteiger partial charge in [-0.15, -0.1) is 10.2 Å². The minimum Gasteiger partial charge on any atom is -0.325 e. The van der Waals surface area contributed by atoms with Gasteiger partial charge >= 0.3 is 0 Å². The van der Waals surface area contributed by atoms with E-state index in [9.17, 15) is 13.2 Å². The number of halogens is 1. The van der Waals surface area contributed by atoms with Crippen LogP contribution in [0.1, 0.15) is 37.9 Å². The Kier molecular flexibility index (Phi) is 6.87. The predicted molar refractivity (Wildman–Crippen MR) is 114 cm³/mol. The zero-order valence-corrected chi connectivity index (χ0v) is 18.9. The van der Waals surface area contributed by atoms with Crippen LogP contribution < -0.4 is 5.32 Å². The summed E-state index contributed by atoms with van der Waals surface area (Å²) in [4.78, 5) is 12.4. The molecule has 1 aliphatic carbocycles. The third kappa shape index (κ3) is 5.11. The summed E-state index contributed by atoms with van der Waals surface area (Å²) in [7, 11) is -0.716. The molecular weight excluding hydrogens is 434 g/mol. The van der Waals surface area contributed by atoms with Gasteiger partial charge in [0.05, 0.1) is 15.6 Å². The first-order chi connectivity index (χ1) is 13.7. The van der Waals surface area contributed by atoms with Crippen LogP contribution in [0.3, 0.4) is 0 Å². The average molecular weight is 458 g/mol. The van der Waals surface area contributed by atoms with Crippen LogP contribution in [-0.2, 0) is 21.4 Å². The minimum atomic E-state index is -3.61. The maximum atomic E-state index is 12.3. The maximum Gasteiger partial charge on any atom is 0.242 e. The van der Waals surface area contributed by atoms with Crippen LogP contribution in [0.4, 0.5) is 5.69 Å². The van der Waals surface area contributed by atoms with Crippen LogP contribution in [-0.4, -0.2) is 53.2 Å². The van der Waals surface area contributed by atoms with Gasteiger partial charge in [-0.3, -0.25) is 4.79 Å². The van der Waals surface area contributed by atoms with Crippen molar-refractivity contribution < 1.29 is 13.2 Å². The Morgan fingerprint density at radius 2 is 2.07 bits per heavy atom. The van der Waals surface area contributed by atoms with E-state index >= 15 is 0 Å². The molecule has 2 aromatic rings. The van der Waals surface area contributed by atoms with E-state index in [2.05, 4.69) is 27.0 Å². The Morgan fingerprint density at radius 1 is 1.34 bits per heavy atom. The third-order valence-electron chi connectivity index (χ3n) is 4.55. The zero-order valence-electron chi connectivity index (χ0n) is 16.6. The van der Waals surface area contributed by atoms with Crippen LogP contribution >= 0.6 is 23.4 Å². The SMILES string of the molecule is CCn1c(SCCC(=O)Nc2cc(S(=O)(=O)N(C)C)ccc2Cl)nnc1C1CC1. The third-order valence-corrected chi connectivity index (χ3v) is 7.66. The summed E-state index contributed by atoms with van der Waals surface area (Å²) < 4.78 is 27.8. The Hall–Kier alpha value is -1.62. The van der Waals surface area contributed by atoms with Crippen molar-refractivity contribution in [2.45, 2.75) is 48.7 Å². The van der Waals surface area contributed by atoms with Gasteiger partial charge in [0.15, 0.2) is 5.16 Å². The Balaban J connectivity index is 1.60. The second-order valence-electron chi connectivity index (χ2n) is 6.94. The van der Waals surface area contributed by atoms with Crippen molar-refractivity contribution in [2.24, 2.45) is 0 Å². The smallest absolute Gasteiger partial charge is 0.242 e. The molecule has 0 saturated heterocycles. The van der Waals surface area contributed by atoms with E-state index in [-0.39, 0.29) is 27.9 Å². The van der Waals surface area contributed by atoms with E-state index in [1.807, 2.05) is 0 Å². The molecule has 158 valence electrons. The standard InChI is InChI=1S/C18H24ClN5O3S2/c1-4-24-17(12-5-6-12)21-22-18(24)28-10-9-16(25)20-15-11-13(7-8-14(15)19)29(26,27)23(2)3/h7-8,11-12H,4-6,9-10H2,1-3H3,(H,20,25). The average Bonchev–Trinajstić information content (AvgIpc) is 3.43. The lowest BCUT2D eigenvalue weighted by Gasteiger charge is -2.14. The molecule has 3 rings (SSSR count). The summed E-state index contributed by atoms with van der Waals surface area (Å²) in [5.41, 5.74) is 0.275. The van der Waals surface area contributed by atoms with Crippen LogP contribution in [0.25, 0.3) is 0 Å². The molecular formula is C18H24ClN5O3S2. The van der Waals surface area contributed by atoms with Crippen LogP contribution in [0.2, 0.25) is 5.02 Å². The topological polar surface area (TPSA) is 97.2 Å². The molecule has 11 heteroatoms. The monoisotopic (exact) mass is 457 g/mol. The maximum absolute atomic E-state index is 12.3. The first kappa shape index (κ1) is 22.1. The lowest BCUT2D eigenvalue weighted by atomic mass is 10.3. The van der Waals surface area contributed by atoms with E-state index in [1.165, 1.54) is 44.1 Å². The van der Waals surface area contributed by atoms with Crippen molar-refractivity contribution in [3.63, 3.8) is 0 Å². The molecule has 1 heterocycles. The minimum absolute atomic E-state index is 0.0697. The van der Waals surface area contributed by atoms with E-state index in [1.54, 1.807) is 0 Å². The number of nitrogens with one attached hydrogen (secondary N) is 1. The molecule has 0 unspecified atom stereocenters. The number of nitrogens with zero attached hydrogens (tertiary/aromatic N) is 4. The summed E-state index contributed by atoms with van der Waals surface area (Å²) in [6.45, 7) is 2.86. The fourth-order valence-electron chi connectivity index (χ4n) is 2.77. The summed E-state index contributed by atoms with van der Waals surface area (Å²) in [5.74, 6) is 1.84. The second kappa shape index (κ2) is 9.03. The van der Waals surface area contributed by atoms with Crippen molar-refractivity contribution in [3.05, 3.63) is 29.0 Å². The lowest BCUT2D eigenvalue weighted by Crippen LogP contribution is -2.22. The van der Waals surface area contributed by atoms with Crippen molar-refractivity contribution in [1.29, 1.82) is 0 Å². The summed E-state index contributed by atoms with van der Waals surface area (Å²) in [5, 5.41) is 12.3. The summed E-state index contributed by atoms with van der Waals surface area (Å²) in [6.07, 6.45) is 2.56. The number of carbonyl (C=O) groups excluding carboxylic acids is 1. The second-order valence-corrected chi connectivity index (χ2v) is 10.6. The summed E-state index contributed by atoms with van der Waals surface area (Å²) in [6, 6.07) is 4.25. The van der Waals surface area contributed by atoms with Crippen molar-refractivity contribution in [3.8, 4) is 0 Å². The molecule has 8 nitrogen and oxygen atoms in total. The first-order valence-corrected chi connectivity index (χ1v) is 12.1. The van der Waals surface area contributed by atoms with Gasteiger partial charge in [-0.1, -0.05) is 23.4 Å². The van der Waals surface area contributed by atoms with Crippen molar-refractivity contribution >= 4 is 45.0 Å². The number of anilines is 1. The van der Waals surface area contributed by atoms with E-state index in [0.717, 1.165) is 34.7 Å². The van der Waals surface area contributed by atoms with Gasteiger partial charge in [-0.25, -0.2) is 12.7 Å². The predicted octanol–water partition coefficient (Wildman–Crippen LogP) is 3.20. The summed E-state index contributed by atoms with van der Waals surface area (Å²) >= 11 is 7.61. The highest BCUT2D eigenvalue weighted by Crippen LogP contribution is 2.40. The molecule has 0 radical (unpaired) electrons. The molecule has 1 aromatic carbocycles. The van der Waals surface area contributed by atoms with Gasteiger partial charge in [0, 0.05) is 38.7 Å². The number of aromatic nitrogens is 3. The quantitative estimate of drug-likeness (QED) is 0.581. The fraction of sp³-hybridized carbons (Fsp3) is 0.500. The van der Waals surface area contributed by atoms with Crippen molar-refractivity contribution in [1.82, 2.24) is 19.1 Å². The van der Waals surface area contributed by atoms with E-state index in [4.69, 9.17) is 11.6 Å². The highest BCUT2D eigenvalue weighted by Gasteiger charge is 2.30. The molecule has 1 N–H and O–H groups in total. The molecule has 1 amide bonds. The highest BCUT2D eigenvalue weighted by atomic mass is 35.5. The number of thioether (sulfide) groups is 1. The number of carbonyl (C=O) groups is 1. The largest absolute Gasteiger partial charge is 0.325 e. The van der Waals surface area contributed by atoms with Gasteiger partial charge < -0.3 is 9.88 Å². The van der Waals surface area contributed by atoms with E-state index < -0.39 is 10.0 Å². The molecule has 0 aliphatic heterocycles. The molecule has 1 aliphatic rings. The molecule has 0 spiro atoms. The number of hydrogen-bond acceptors (Lipinski definition) is 6. The number of sulfonamides is 1. The van der Waals surface area contributed by atoms with Gasteiger partial charge in [0.25, 0.3) is 0 Å². The van der Waals surface area contributed by atoms with E-state index in [0.29, 0.717) is 11.7 Å².